The number of halogens is 1. The van der Waals surface area contributed by atoms with Crippen molar-refractivity contribution in [3.05, 3.63) is 64.1 Å². The molecule has 4 heteroatoms. The predicted molar refractivity (Wildman–Crippen MR) is 91.6 cm³/mol. The Balaban J connectivity index is 2.05. The van der Waals surface area contributed by atoms with Crippen molar-refractivity contribution < 1.29 is 0 Å². The maximum absolute atomic E-state index is 6.16. The Bertz CT molecular complexity index is 676. The Kier molecular flexibility index (Phi) is 3.49. The van der Waals surface area contributed by atoms with Gasteiger partial charge in [-0.1, -0.05) is 45.8 Å². The lowest BCUT2D eigenvalue weighted by Gasteiger charge is -2.36. The fourth-order valence-corrected chi connectivity index (χ4v) is 3.03. The molecule has 1 aliphatic heterocycles. The van der Waals surface area contributed by atoms with Gasteiger partial charge in [-0.05, 0) is 43.7 Å². The first-order chi connectivity index (χ1) is 10.0. The summed E-state index contributed by atoms with van der Waals surface area (Å²) in [6.45, 7) is 4.94. The highest BCUT2D eigenvalue weighted by molar-refractivity contribution is 9.10. The maximum atomic E-state index is 6.16. The molecule has 2 N–H and O–H groups in total. The van der Waals surface area contributed by atoms with Crippen molar-refractivity contribution in [1.29, 1.82) is 0 Å². The minimum absolute atomic E-state index is 0.244. The van der Waals surface area contributed by atoms with Crippen LogP contribution in [0.2, 0.25) is 0 Å². The summed E-state index contributed by atoms with van der Waals surface area (Å²) in [5, 5.41) is 0. The number of guanidine groups is 1. The third kappa shape index (κ3) is 2.44. The van der Waals surface area contributed by atoms with E-state index < -0.39 is 0 Å². The van der Waals surface area contributed by atoms with Crippen molar-refractivity contribution in [2.75, 3.05) is 11.4 Å². The summed E-state index contributed by atoms with van der Waals surface area (Å²) in [5.74, 6) is 0.570. The second kappa shape index (κ2) is 5.19. The van der Waals surface area contributed by atoms with Gasteiger partial charge in [-0.2, -0.15) is 0 Å². The first kappa shape index (κ1) is 14.1. The molecule has 3 nitrogen and oxygen atoms in total. The van der Waals surface area contributed by atoms with E-state index in [9.17, 15) is 0 Å². The molecule has 0 saturated heterocycles. The van der Waals surface area contributed by atoms with E-state index >= 15 is 0 Å². The van der Waals surface area contributed by atoms with Gasteiger partial charge in [0.05, 0.1) is 12.1 Å². The zero-order valence-corrected chi connectivity index (χ0v) is 13.8. The van der Waals surface area contributed by atoms with E-state index in [1.54, 1.807) is 0 Å². The summed E-state index contributed by atoms with van der Waals surface area (Å²) >= 11 is 3.47. The van der Waals surface area contributed by atoms with Gasteiger partial charge in [-0.3, -0.25) is 4.99 Å². The van der Waals surface area contributed by atoms with E-state index in [1.807, 2.05) is 12.1 Å². The van der Waals surface area contributed by atoms with Gasteiger partial charge in [-0.25, -0.2) is 0 Å². The number of nitrogens with zero attached hydrogens (tertiary/aromatic N) is 2. The summed E-state index contributed by atoms with van der Waals surface area (Å²) in [6.07, 6.45) is 0. The third-order valence-electron chi connectivity index (χ3n) is 4.03. The number of rotatable bonds is 2. The minimum Gasteiger partial charge on any atom is -0.369 e. The van der Waals surface area contributed by atoms with Gasteiger partial charge >= 0.3 is 0 Å². The quantitative estimate of drug-likeness (QED) is 0.900. The standard InChI is InChI=1S/C17H18BrN3/c1-12-3-5-13(6-4-12)17(2)11-20-16(19)21(17)15-9-7-14(18)8-10-15/h3-10H,11H2,1-2H3,(H2,19,20). The van der Waals surface area contributed by atoms with Gasteiger partial charge in [0.15, 0.2) is 5.96 Å². The van der Waals surface area contributed by atoms with Crippen molar-refractivity contribution >= 4 is 27.6 Å². The summed E-state index contributed by atoms with van der Waals surface area (Å²) in [7, 11) is 0. The Morgan fingerprint density at radius 3 is 2.33 bits per heavy atom. The Morgan fingerprint density at radius 2 is 1.71 bits per heavy atom. The normalized spacial score (nSPS) is 21.5. The van der Waals surface area contributed by atoms with Crippen LogP contribution >= 0.6 is 15.9 Å². The highest BCUT2D eigenvalue weighted by atomic mass is 79.9. The van der Waals surface area contributed by atoms with Crippen molar-refractivity contribution in [3.8, 4) is 0 Å². The summed E-state index contributed by atoms with van der Waals surface area (Å²) < 4.78 is 1.05. The number of benzene rings is 2. The highest BCUT2D eigenvalue weighted by Gasteiger charge is 2.40. The summed E-state index contributed by atoms with van der Waals surface area (Å²) in [6, 6.07) is 16.8. The molecule has 2 aromatic carbocycles. The number of nitrogens with two attached hydrogens (primary N) is 1. The second-order valence-electron chi connectivity index (χ2n) is 5.63. The van der Waals surface area contributed by atoms with Crippen LogP contribution < -0.4 is 10.6 Å². The first-order valence-electron chi connectivity index (χ1n) is 6.93. The molecule has 0 aliphatic carbocycles. The van der Waals surface area contributed by atoms with Gasteiger partial charge in [-0.15, -0.1) is 0 Å². The fourth-order valence-electron chi connectivity index (χ4n) is 2.77. The van der Waals surface area contributed by atoms with Gasteiger partial charge < -0.3 is 10.6 Å². The van der Waals surface area contributed by atoms with Crippen LogP contribution in [0.15, 0.2) is 58.0 Å². The van der Waals surface area contributed by atoms with E-state index in [0.717, 1.165) is 10.2 Å². The molecule has 1 atom stereocenters. The molecule has 0 saturated carbocycles. The molecule has 0 aromatic heterocycles. The van der Waals surface area contributed by atoms with Crippen molar-refractivity contribution in [3.63, 3.8) is 0 Å². The minimum atomic E-state index is -0.244. The predicted octanol–water partition coefficient (Wildman–Crippen LogP) is 3.81. The van der Waals surface area contributed by atoms with Crippen LogP contribution in [0.5, 0.6) is 0 Å². The smallest absolute Gasteiger partial charge is 0.196 e. The molecule has 2 aromatic rings. The monoisotopic (exact) mass is 343 g/mol. The molecule has 1 unspecified atom stereocenters. The van der Waals surface area contributed by atoms with E-state index in [2.05, 4.69) is 76.1 Å². The van der Waals surface area contributed by atoms with Crippen LogP contribution in [0.4, 0.5) is 5.69 Å². The molecule has 0 spiro atoms. The maximum Gasteiger partial charge on any atom is 0.196 e. The van der Waals surface area contributed by atoms with Gasteiger partial charge in [0, 0.05) is 10.2 Å². The fraction of sp³-hybridized carbons (Fsp3) is 0.235. The molecule has 0 bridgehead atoms. The number of hydrogen-bond acceptors (Lipinski definition) is 3. The van der Waals surface area contributed by atoms with E-state index in [1.165, 1.54) is 11.1 Å². The average molecular weight is 344 g/mol. The zero-order valence-electron chi connectivity index (χ0n) is 12.2. The van der Waals surface area contributed by atoms with Crippen molar-refractivity contribution in [2.24, 2.45) is 10.7 Å². The second-order valence-corrected chi connectivity index (χ2v) is 6.54. The molecule has 0 radical (unpaired) electrons. The third-order valence-corrected chi connectivity index (χ3v) is 4.56. The number of anilines is 1. The van der Waals surface area contributed by atoms with Gasteiger partial charge in [0.25, 0.3) is 0 Å². The molecule has 1 aliphatic rings. The van der Waals surface area contributed by atoms with Crippen LogP contribution in [0.25, 0.3) is 0 Å². The van der Waals surface area contributed by atoms with Crippen molar-refractivity contribution in [2.45, 2.75) is 19.4 Å². The number of aryl methyl sites for hydroxylation is 1. The zero-order chi connectivity index (χ0) is 15.0. The lowest BCUT2D eigenvalue weighted by Crippen LogP contribution is -2.47. The van der Waals surface area contributed by atoms with Gasteiger partial charge in [0.1, 0.15) is 0 Å². The number of hydrogen-bond donors (Lipinski definition) is 1. The van der Waals surface area contributed by atoms with Crippen LogP contribution in [0, 0.1) is 6.92 Å². The molecule has 21 heavy (non-hydrogen) atoms. The highest BCUT2D eigenvalue weighted by Crippen LogP contribution is 2.37. The molecule has 0 amide bonds. The first-order valence-corrected chi connectivity index (χ1v) is 7.73. The Hall–Kier alpha value is -1.81. The van der Waals surface area contributed by atoms with E-state index in [0.29, 0.717) is 12.5 Å². The van der Waals surface area contributed by atoms with Crippen LogP contribution in [-0.2, 0) is 5.54 Å². The van der Waals surface area contributed by atoms with Gasteiger partial charge in [0.2, 0.25) is 0 Å². The Morgan fingerprint density at radius 1 is 1.10 bits per heavy atom. The van der Waals surface area contributed by atoms with Crippen molar-refractivity contribution in [1.82, 2.24) is 0 Å². The lowest BCUT2D eigenvalue weighted by molar-refractivity contribution is 0.533. The summed E-state index contributed by atoms with van der Waals surface area (Å²) in [5.41, 5.74) is 9.44. The molecule has 0 fully saturated rings. The SMILES string of the molecule is Cc1ccc(C2(C)CN=C(N)N2c2ccc(Br)cc2)cc1. The van der Waals surface area contributed by atoms with Crippen LogP contribution in [-0.4, -0.2) is 12.5 Å². The molecular formula is C17H18BrN3. The Labute approximate surface area is 133 Å². The summed E-state index contributed by atoms with van der Waals surface area (Å²) in [4.78, 5) is 6.59. The van der Waals surface area contributed by atoms with Crippen LogP contribution in [0.3, 0.4) is 0 Å². The average Bonchev–Trinajstić information content (AvgIpc) is 2.78. The molecular weight excluding hydrogens is 326 g/mol. The molecule has 108 valence electrons. The molecule has 1 heterocycles. The van der Waals surface area contributed by atoms with Crippen LogP contribution in [0.1, 0.15) is 18.1 Å². The topological polar surface area (TPSA) is 41.6 Å². The number of aliphatic imine (C=N–C) groups is 1. The molecule has 3 rings (SSSR count). The largest absolute Gasteiger partial charge is 0.369 e. The van der Waals surface area contributed by atoms with E-state index in [4.69, 9.17) is 5.73 Å². The van der Waals surface area contributed by atoms with E-state index in [-0.39, 0.29) is 5.54 Å². The lowest BCUT2D eigenvalue weighted by atomic mass is 9.90.